The van der Waals surface area contributed by atoms with E-state index >= 15 is 8.78 Å². The summed E-state index contributed by atoms with van der Waals surface area (Å²) in [5, 5.41) is 15.6. The summed E-state index contributed by atoms with van der Waals surface area (Å²) in [6.07, 6.45) is 1.52. The van der Waals surface area contributed by atoms with E-state index in [4.69, 9.17) is 24.3 Å². The zero-order valence-corrected chi connectivity index (χ0v) is 29.5. The molecule has 0 bridgehead atoms. The van der Waals surface area contributed by atoms with Crippen molar-refractivity contribution in [2.24, 2.45) is 0 Å². The Kier molecular flexibility index (Phi) is 8.41. The molecule has 3 aromatic carbocycles. The molecule has 5 aromatic rings. The summed E-state index contributed by atoms with van der Waals surface area (Å²) in [6, 6.07) is 10.7. The van der Waals surface area contributed by atoms with Crippen LogP contribution in [0.1, 0.15) is 78.8 Å². The normalized spacial score (nSPS) is 14.9. The van der Waals surface area contributed by atoms with Crippen LogP contribution < -0.4 is 9.47 Å². The van der Waals surface area contributed by atoms with E-state index in [2.05, 4.69) is 0 Å². The number of nitrogens with zero attached hydrogens (tertiary/aromatic N) is 3. The van der Waals surface area contributed by atoms with Crippen molar-refractivity contribution in [1.29, 1.82) is 0 Å². The molecule has 7 rings (SSSR count). The highest BCUT2D eigenvalue weighted by molar-refractivity contribution is 5.84. The second kappa shape index (κ2) is 12.5. The molecule has 8 nitrogen and oxygen atoms in total. The SMILES string of the molecule is Cc1nc2c(C)c(-c3cccc(-c4cc(F)c5c(c4C)CCCO5)c3)nn2c(-c2cc(F)c3c(c2C)CCCO3)c1C(OC(C)(C)C)C(=O)O. The number of aliphatic carboxylic acids is 1. The Balaban J connectivity index is 1.48. The van der Waals surface area contributed by atoms with Crippen LogP contribution in [0.3, 0.4) is 0 Å². The van der Waals surface area contributed by atoms with Gasteiger partial charge in [-0.25, -0.2) is 23.1 Å². The Morgan fingerprint density at radius 1 is 0.880 bits per heavy atom. The van der Waals surface area contributed by atoms with Gasteiger partial charge in [0.05, 0.1) is 30.2 Å². The first-order chi connectivity index (χ1) is 23.7. The monoisotopic (exact) mass is 681 g/mol. The van der Waals surface area contributed by atoms with Crippen LogP contribution in [0, 0.1) is 39.3 Å². The van der Waals surface area contributed by atoms with Crippen molar-refractivity contribution in [3.05, 3.63) is 87.1 Å². The van der Waals surface area contributed by atoms with Crippen LogP contribution >= 0.6 is 0 Å². The average Bonchev–Trinajstić information content (AvgIpc) is 3.41. The van der Waals surface area contributed by atoms with E-state index in [1.165, 1.54) is 12.1 Å². The number of carbonyl (C=O) groups is 1. The standard InChI is InChI=1S/C40H41F2N3O5/c1-20-26-13-9-15-48-35(26)30(41)18-28(20)24-11-8-12-25(17-24)33-22(3)38-43-23(4)32(37(39(46)47)50-40(5,6)7)34(45(38)44-33)29-19-31(42)36-27(21(29)2)14-10-16-49-36/h8,11-12,17-19,37H,9-10,13-16H2,1-7H3,(H,46,47). The molecule has 0 aliphatic carbocycles. The number of ether oxygens (including phenoxy) is 3. The van der Waals surface area contributed by atoms with E-state index < -0.39 is 23.5 Å². The number of carboxylic acids is 1. The van der Waals surface area contributed by atoms with E-state index in [1.807, 2.05) is 45.0 Å². The molecule has 0 fully saturated rings. The number of fused-ring (bicyclic) bond motifs is 3. The maximum absolute atomic E-state index is 15.8. The Hall–Kier alpha value is -4.83. The van der Waals surface area contributed by atoms with Crippen LogP contribution in [0.25, 0.3) is 39.3 Å². The van der Waals surface area contributed by atoms with E-state index in [0.29, 0.717) is 59.2 Å². The van der Waals surface area contributed by atoms with Gasteiger partial charge >= 0.3 is 5.97 Å². The smallest absolute Gasteiger partial charge is 0.337 e. The van der Waals surface area contributed by atoms with Crippen LogP contribution in [0.2, 0.25) is 0 Å². The predicted octanol–water partition coefficient (Wildman–Crippen LogP) is 8.83. The van der Waals surface area contributed by atoms with Gasteiger partial charge in [-0.15, -0.1) is 0 Å². The molecule has 0 amide bonds. The maximum Gasteiger partial charge on any atom is 0.337 e. The summed E-state index contributed by atoms with van der Waals surface area (Å²) >= 11 is 0. The fraction of sp³-hybridized carbons (Fsp3) is 0.375. The van der Waals surface area contributed by atoms with Crippen molar-refractivity contribution in [3.8, 4) is 45.1 Å². The fourth-order valence-corrected chi connectivity index (χ4v) is 7.41. The molecular formula is C40H41F2N3O5. The molecule has 260 valence electrons. The molecule has 4 heterocycles. The topological polar surface area (TPSA) is 95.2 Å². The molecule has 0 saturated heterocycles. The first-order valence-electron chi connectivity index (χ1n) is 17.1. The Morgan fingerprint density at radius 2 is 1.46 bits per heavy atom. The van der Waals surface area contributed by atoms with Gasteiger partial charge in [-0.05, 0) is 115 Å². The summed E-state index contributed by atoms with van der Waals surface area (Å²) in [4.78, 5) is 17.8. The summed E-state index contributed by atoms with van der Waals surface area (Å²) in [7, 11) is 0. The molecular weight excluding hydrogens is 640 g/mol. The van der Waals surface area contributed by atoms with Gasteiger partial charge in [-0.2, -0.15) is 5.10 Å². The van der Waals surface area contributed by atoms with Crippen LogP contribution in [0.5, 0.6) is 11.5 Å². The Labute approximate surface area is 290 Å². The minimum Gasteiger partial charge on any atom is -0.490 e. The highest BCUT2D eigenvalue weighted by Crippen LogP contribution is 2.43. The Bertz CT molecular complexity index is 2200. The molecule has 10 heteroatoms. The number of carboxylic acid groups (broad SMARTS) is 1. The van der Waals surface area contributed by atoms with Crippen LogP contribution in [0.15, 0.2) is 36.4 Å². The molecule has 1 unspecified atom stereocenters. The van der Waals surface area contributed by atoms with Crippen molar-refractivity contribution in [3.63, 3.8) is 0 Å². The maximum atomic E-state index is 15.8. The average molecular weight is 682 g/mol. The summed E-state index contributed by atoms with van der Waals surface area (Å²) in [5.74, 6) is -1.52. The highest BCUT2D eigenvalue weighted by Gasteiger charge is 2.35. The van der Waals surface area contributed by atoms with Crippen molar-refractivity contribution >= 4 is 11.6 Å². The minimum atomic E-state index is -1.42. The molecule has 2 aromatic heterocycles. The Morgan fingerprint density at radius 3 is 2.06 bits per heavy atom. The third-order valence-corrected chi connectivity index (χ3v) is 9.75. The largest absolute Gasteiger partial charge is 0.490 e. The van der Waals surface area contributed by atoms with Gasteiger partial charge in [0, 0.05) is 39.1 Å². The van der Waals surface area contributed by atoms with Gasteiger partial charge in [0.25, 0.3) is 0 Å². The molecule has 0 saturated carbocycles. The predicted molar refractivity (Wildman–Crippen MR) is 187 cm³/mol. The number of aromatic nitrogens is 3. The van der Waals surface area contributed by atoms with Crippen molar-refractivity contribution < 1.29 is 32.9 Å². The number of rotatable bonds is 6. The third-order valence-electron chi connectivity index (χ3n) is 9.75. The van der Waals surface area contributed by atoms with Crippen molar-refractivity contribution in [2.45, 2.75) is 85.9 Å². The third kappa shape index (κ3) is 5.69. The van der Waals surface area contributed by atoms with Gasteiger partial charge in [0.1, 0.15) is 0 Å². The van der Waals surface area contributed by atoms with Gasteiger partial charge in [-0.1, -0.05) is 18.2 Å². The second-order valence-electron chi connectivity index (χ2n) is 14.3. The zero-order chi connectivity index (χ0) is 35.6. The summed E-state index contributed by atoms with van der Waals surface area (Å²) in [5.41, 5.74) is 8.42. The lowest BCUT2D eigenvalue weighted by Gasteiger charge is -2.28. The van der Waals surface area contributed by atoms with Crippen LogP contribution in [-0.4, -0.2) is 44.5 Å². The van der Waals surface area contributed by atoms with Gasteiger partial charge in [0.2, 0.25) is 0 Å². The van der Waals surface area contributed by atoms with Gasteiger partial charge in [-0.3, -0.25) is 0 Å². The van der Waals surface area contributed by atoms with E-state index in [1.54, 1.807) is 32.2 Å². The highest BCUT2D eigenvalue weighted by atomic mass is 19.1. The lowest BCUT2D eigenvalue weighted by atomic mass is 9.90. The first kappa shape index (κ1) is 33.7. The second-order valence-corrected chi connectivity index (χ2v) is 14.3. The number of hydrogen-bond acceptors (Lipinski definition) is 6. The number of aryl methyl sites for hydroxylation is 2. The molecule has 0 radical (unpaired) electrons. The summed E-state index contributed by atoms with van der Waals surface area (Å²) in [6.45, 7) is 13.9. The number of hydrogen-bond donors (Lipinski definition) is 1. The lowest BCUT2D eigenvalue weighted by Crippen LogP contribution is -2.29. The number of benzene rings is 3. The van der Waals surface area contributed by atoms with E-state index in [9.17, 15) is 9.90 Å². The molecule has 1 atom stereocenters. The molecule has 50 heavy (non-hydrogen) atoms. The van der Waals surface area contributed by atoms with E-state index in [0.717, 1.165) is 63.8 Å². The van der Waals surface area contributed by atoms with Gasteiger partial charge < -0.3 is 19.3 Å². The zero-order valence-electron chi connectivity index (χ0n) is 29.5. The van der Waals surface area contributed by atoms with E-state index in [-0.39, 0.29) is 11.6 Å². The van der Waals surface area contributed by atoms with Crippen molar-refractivity contribution in [2.75, 3.05) is 13.2 Å². The first-order valence-corrected chi connectivity index (χ1v) is 17.1. The number of halogens is 2. The van der Waals surface area contributed by atoms with Gasteiger partial charge in [0.15, 0.2) is 34.9 Å². The van der Waals surface area contributed by atoms with Crippen LogP contribution in [0.4, 0.5) is 8.78 Å². The molecule has 2 aliphatic rings. The van der Waals surface area contributed by atoms with Crippen molar-refractivity contribution in [1.82, 2.24) is 14.6 Å². The lowest BCUT2D eigenvalue weighted by molar-refractivity contribution is -0.160. The van der Waals surface area contributed by atoms with Crippen LogP contribution in [-0.2, 0) is 22.4 Å². The molecule has 2 aliphatic heterocycles. The molecule has 0 spiro atoms. The quantitative estimate of drug-likeness (QED) is 0.191. The molecule has 1 N–H and O–H groups in total. The fourth-order valence-electron chi connectivity index (χ4n) is 7.41. The minimum absolute atomic E-state index is 0.233. The summed E-state index contributed by atoms with van der Waals surface area (Å²) < 4.78 is 50.3.